The number of ether oxygens (including phenoxy) is 3. The van der Waals surface area contributed by atoms with Crippen LogP contribution in [0.1, 0.15) is 17.0 Å². The third-order valence-corrected chi connectivity index (χ3v) is 3.98. The fourth-order valence-electron chi connectivity index (χ4n) is 2.64. The van der Waals surface area contributed by atoms with Crippen molar-refractivity contribution in [3.05, 3.63) is 64.7 Å². The average Bonchev–Trinajstić information content (AvgIpc) is 3.04. The lowest BCUT2D eigenvalue weighted by Gasteiger charge is -2.23. The molecule has 4 heteroatoms. The number of hydrogen-bond donors (Lipinski definition) is 0. The summed E-state index contributed by atoms with van der Waals surface area (Å²) in [5, 5.41) is 0.732. The van der Waals surface area contributed by atoms with Gasteiger partial charge in [-0.25, -0.2) is 0 Å². The van der Waals surface area contributed by atoms with E-state index in [9.17, 15) is 0 Å². The summed E-state index contributed by atoms with van der Waals surface area (Å²) in [4.78, 5) is 0. The largest absolute Gasteiger partial charge is 0.497 e. The van der Waals surface area contributed by atoms with Crippen molar-refractivity contribution in [3.63, 3.8) is 0 Å². The molecule has 0 saturated carbocycles. The number of benzene rings is 2. The Morgan fingerprint density at radius 2 is 1.67 bits per heavy atom. The van der Waals surface area contributed by atoms with Crippen molar-refractivity contribution in [2.75, 3.05) is 20.5 Å². The van der Waals surface area contributed by atoms with Crippen LogP contribution in [0.5, 0.6) is 5.75 Å². The second kappa shape index (κ2) is 6.48. The minimum atomic E-state index is 0.0135. The number of methoxy groups -OCH3 is 1. The molecule has 2 atom stereocenters. The Bertz CT molecular complexity index is 574. The predicted molar refractivity (Wildman–Crippen MR) is 82.0 cm³/mol. The maximum Gasteiger partial charge on any atom is 0.147 e. The SMILES string of the molecule is COc1ccc([C@H](c2ccc(Cl)cc2)[C@@H]2COCO2)cc1. The standard InChI is InChI=1S/C17H17ClO3/c1-19-15-8-4-13(5-9-15)17(16-10-20-11-21-16)12-2-6-14(18)7-3-12/h2-9,16-17H,10-11H2,1H3/t16-,17-/m0/s1. The molecule has 3 rings (SSSR count). The topological polar surface area (TPSA) is 27.7 Å². The zero-order valence-electron chi connectivity index (χ0n) is 11.8. The molecule has 1 aliphatic rings. The second-order valence-electron chi connectivity index (χ2n) is 5.00. The fraction of sp³-hybridized carbons (Fsp3) is 0.294. The van der Waals surface area contributed by atoms with Crippen molar-refractivity contribution in [3.8, 4) is 5.75 Å². The van der Waals surface area contributed by atoms with Crippen molar-refractivity contribution in [1.82, 2.24) is 0 Å². The minimum Gasteiger partial charge on any atom is -0.497 e. The summed E-state index contributed by atoms with van der Waals surface area (Å²) < 4.78 is 16.3. The summed E-state index contributed by atoms with van der Waals surface area (Å²) >= 11 is 5.99. The molecule has 2 aromatic carbocycles. The van der Waals surface area contributed by atoms with Gasteiger partial charge in [0.2, 0.25) is 0 Å². The van der Waals surface area contributed by atoms with E-state index in [2.05, 4.69) is 12.1 Å². The Morgan fingerprint density at radius 3 is 2.19 bits per heavy atom. The van der Waals surface area contributed by atoms with E-state index in [1.165, 1.54) is 11.1 Å². The number of rotatable bonds is 4. The van der Waals surface area contributed by atoms with Gasteiger partial charge >= 0.3 is 0 Å². The van der Waals surface area contributed by atoms with E-state index in [1.807, 2.05) is 36.4 Å². The van der Waals surface area contributed by atoms with E-state index in [1.54, 1.807) is 7.11 Å². The molecule has 0 radical (unpaired) electrons. The summed E-state index contributed by atoms with van der Waals surface area (Å²) in [6.45, 7) is 0.949. The molecule has 0 bridgehead atoms. The van der Waals surface area contributed by atoms with Crippen molar-refractivity contribution < 1.29 is 14.2 Å². The summed E-state index contributed by atoms with van der Waals surface area (Å²) in [5.74, 6) is 0.966. The third-order valence-electron chi connectivity index (χ3n) is 3.72. The van der Waals surface area contributed by atoms with Gasteiger partial charge in [0, 0.05) is 10.9 Å². The zero-order chi connectivity index (χ0) is 14.7. The van der Waals surface area contributed by atoms with Crippen LogP contribution < -0.4 is 4.74 Å². The molecule has 1 heterocycles. The van der Waals surface area contributed by atoms with Gasteiger partial charge in [-0.2, -0.15) is 0 Å². The molecule has 0 amide bonds. The van der Waals surface area contributed by atoms with Crippen LogP contribution in [0.2, 0.25) is 5.02 Å². The lowest BCUT2D eigenvalue weighted by molar-refractivity contribution is 0.0426. The highest BCUT2D eigenvalue weighted by molar-refractivity contribution is 6.30. The molecule has 1 saturated heterocycles. The molecule has 110 valence electrons. The molecule has 0 aliphatic carbocycles. The Morgan fingerprint density at radius 1 is 1.05 bits per heavy atom. The predicted octanol–water partition coefficient (Wildman–Crippen LogP) is 3.85. The highest BCUT2D eigenvalue weighted by Gasteiger charge is 2.29. The number of halogens is 1. The quantitative estimate of drug-likeness (QED) is 0.858. The van der Waals surface area contributed by atoms with Gasteiger partial charge in [0.25, 0.3) is 0 Å². The van der Waals surface area contributed by atoms with E-state index < -0.39 is 0 Å². The summed E-state index contributed by atoms with van der Waals surface area (Å²) in [6.07, 6.45) is 0.0135. The first-order chi connectivity index (χ1) is 10.3. The van der Waals surface area contributed by atoms with Crippen LogP contribution in [0.4, 0.5) is 0 Å². The molecule has 1 aliphatic heterocycles. The Hall–Kier alpha value is -1.55. The van der Waals surface area contributed by atoms with Crippen LogP contribution in [-0.2, 0) is 9.47 Å². The van der Waals surface area contributed by atoms with Crippen molar-refractivity contribution in [1.29, 1.82) is 0 Å². The lowest BCUT2D eigenvalue weighted by atomic mass is 9.87. The summed E-state index contributed by atoms with van der Waals surface area (Å²) in [6, 6.07) is 16.0. The highest BCUT2D eigenvalue weighted by Crippen LogP contribution is 2.33. The molecule has 0 spiro atoms. The normalized spacial score (nSPS) is 19.4. The second-order valence-corrected chi connectivity index (χ2v) is 5.43. The molecule has 0 unspecified atom stereocenters. The molecule has 3 nitrogen and oxygen atoms in total. The Labute approximate surface area is 129 Å². The smallest absolute Gasteiger partial charge is 0.147 e. The van der Waals surface area contributed by atoms with E-state index in [0.717, 1.165) is 10.8 Å². The van der Waals surface area contributed by atoms with Gasteiger partial charge < -0.3 is 14.2 Å². The van der Waals surface area contributed by atoms with Crippen LogP contribution in [-0.4, -0.2) is 26.6 Å². The third kappa shape index (κ3) is 3.21. The first-order valence-corrected chi connectivity index (χ1v) is 7.24. The van der Waals surface area contributed by atoms with Crippen molar-refractivity contribution >= 4 is 11.6 Å². The Balaban J connectivity index is 1.96. The molecular formula is C17H17ClO3. The first kappa shape index (κ1) is 14.4. The van der Waals surface area contributed by atoms with E-state index in [0.29, 0.717) is 13.4 Å². The van der Waals surface area contributed by atoms with Crippen LogP contribution in [0.3, 0.4) is 0 Å². The van der Waals surface area contributed by atoms with Gasteiger partial charge in [-0.05, 0) is 35.4 Å². The maximum absolute atomic E-state index is 5.99. The van der Waals surface area contributed by atoms with Crippen molar-refractivity contribution in [2.45, 2.75) is 12.0 Å². The van der Waals surface area contributed by atoms with Crippen LogP contribution >= 0.6 is 11.6 Å². The van der Waals surface area contributed by atoms with E-state index in [4.69, 9.17) is 25.8 Å². The summed E-state index contributed by atoms with van der Waals surface area (Å²) in [7, 11) is 1.67. The van der Waals surface area contributed by atoms with Gasteiger partial charge in [0.05, 0.1) is 19.8 Å². The fourth-order valence-corrected chi connectivity index (χ4v) is 2.77. The molecule has 0 aromatic heterocycles. The number of hydrogen-bond acceptors (Lipinski definition) is 3. The zero-order valence-corrected chi connectivity index (χ0v) is 12.5. The van der Waals surface area contributed by atoms with Crippen LogP contribution in [0.15, 0.2) is 48.5 Å². The van der Waals surface area contributed by atoms with E-state index in [-0.39, 0.29) is 12.0 Å². The van der Waals surface area contributed by atoms with Gasteiger partial charge in [-0.15, -0.1) is 0 Å². The van der Waals surface area contributed by atoms with Crippen molar-refractivity contribution in [2.24, 2.45) is 0 Å². The minimum absolute atomic E-state index is 0.0135. The van der Waals surface area contributed by atoms with Gasteiger partial charge in [-0.1, -0.05) is 35.9 Å². The molecule has 0 N–H and O–H groups in total. The highest BCUT2D eigenvalue weighted by atomic mass is 35.5. The molecule has 21 heavy (non-hydrogen) atoms. The first-order valence-electron chi connectivity index (χ1n) is 6.86. The van der Waals surface area contributed by atoms with Gasteiger partial charge in [-0.3, -0.25) is 0 Å². The van der Waals surface area contributed by atoms with Crippen LogP contribution in [0.25, 0.3) is 0 Å². The van der Waals surface area contributed by atoms with Gasteiger partial charge in [0.15, 0.2) is 0 Å². The molecular weight excluding hydrogens is 288 g/mol. The van der Waals surface area contributed by atoms with E-state index >= 15 is 0 Å². The summed E-state index contributed by atoms with van der Waals surface area (Å²) in [5.41, 5.74) is 2.34. The average molecular weight is 305 g/mol. The molecule has 2 aromatic rings. The molecule has 1 fully saturated rings. The lowest BCUT2D eigenvalue weighted by Crippen LogP contribution is -2.22. The Kier molecular flexibility index (Phi) is 4.44. The maximum atomic E-state index is 5.99. The van der Waals surface area contributed by atoms with Crippen LogP contribution in [0, 0.1) is 0 Å². The monoisotopic (exact) mass is 304 g/mol. The van der Waals surface area contributed by atoms with Gasteiger partial charge in [0.1, 0.15) is 12.5 Å².